The number of carbonyl (C=O) groups excluding carboxylic acids is 1. The van der Waals surface area contributed by atoms with E-state index in [0.717, 1.165) is 12.8 Å². The Bertz CT molecular complexity index is 758. The molecule has 1 aromatic carbocycles. The molecule has 1 aliphatic rings. The number of halogens is 3. The van der Waals surface area contributed by atoms with Crippen LogP contribution >= 0.6 is 0 Å². The second kappa shape index (κ2) is 5.42. The van der Waals surface area contributed by atoms with Gasteiger partial charge in [0.15, 0.2) is 5.69 Å². The number of isocyanates is 1. The summed E-state index contributed by atoms with van der Waals surface area (Å²) in [6, 6.07) is 6.46. The van der Waals surface area contributed by atoms with E-state index in [0.29, 0.717) is 24.2 Å². The number of hydrogen-bond donors (Lipinski definition) is 0. The topological polar surface area (TPSA) is 47.2 Å². The van der Waals surface area contributed by atoms with Crippen LogP contribution < -0.4 is 0 Å². The van der Waals surface area contributed by atoms with E-state index < -0.39 is 11.9 Å². The van der Waals surface area contributed by atoms with Gasteiger partial charge in [-0.2, -0.15) is 23.3 Å². The van der Waals surface area contributed by atoms with Crippen LogP contribution in [0.15, 0.2) is 29.3 Å². The maximum atomic E-state index is 13.2. The number of aliphatic imine (C=N–C) groups is 1. The molecule has 0 aliphatic heterocycles. The largest absolute Gasteiger partial charge is 0.435 e. The summed E-state index contributed by atoms with van der Waals surface area (Å²) in [6.45, 7) is 0. The quantitative estimate of drug-likeness (QED) is 0.627. The Labute approximate surface area is 124 Å². The summed E-state index contributed by atoms with van der Waals surface area (Å²) in [5.74, 6) is 0. The molecule has 0 radical (unpaired) electrons. The zero-order valence-corrected chi connectivity index (χ0v) is 11.5. The van der Waals surface area contributed by atoms with Crippen LogP contribution in [0.1, 0.15) is 29.8 Å². The Morgan fingerprint density at radius 1 is 1.18 bits per heavy atom. The summed E-state index contributed by atoms with van der Waals surface area (Å²) in [5.41, 5.74) is 0.574. The Kier molecular flexibility index (Phi) is 3.58. The fourth-order valence-electron chi connectivity index (χ4n) is 2.81. The maximum Gasteiger partial charge on any atom is 0.435 e. The van der Waals surface area contributed by atoms with Crippen LogP contribution in [0.25, 0.3) is 5.69 Å². The maximum absolute atomic E-state index is 13.2. The van der Waals surface area contributed by atoms with Gasteiger partial charge in [-0.15, -0.1) is 0 Å². The van der Waals surface area contributed by atoms with Gasteiger partial charge in [0.2, 0.25) is 6.08 Å². The summed E-state index contributed by atoms with van der Waals surface area (Å²) < 4.78 is 40.8. The smallest absolute Gasteiger partial charge is 0.235 e. The monoisotopic (exact) mass is 307 g/mol. The lowest BCUT2D eigenvalue weighted by atomic mass is 9.95. The van der Waals surface area contributed by atoms with Crippen molar-refractivity contribution in [2.45, 2.75) is 31.9 Å². The second-order valence-corrected chi connectivity index (χ2v) is 5.08. The van der Waals surface area contributed by atoms with E-state index >= 15 is 0 Å². The van der Waals surface area contributed by atoms with E-state index in [4.69, 9.17) is 0 Å². The van der Waals surface area contributed by atoms with Crippen LogP contribution in [0.2, 0.25) is 0 Å². The summed E-state index contributed by atoms with van der Waals surface area (Å²) in [6.07, 6.45) is -0.645. The first-order chi connectivity index (χ1) is 10.5. The van der Waals surface area contributed by atoms with Crippen molar-refractivity contribution in [3.05, 3.63) is 41.2 Å². The van der Waals surface area contributed by atoms with Gasteiger partial charge in [0.1, 0.15) is 5.69 Å². The summed E-state index contributed by atoms with van der Waals surface area (Å²) in [4.78, 5) is 14.1. The number of benzene rings is 1. The molecule has 7 heteroatoms. The number of alkyl halides is 3. The molecule has 0 saturated heterocycles. The van der Waals surface area contributed by atoms with Crippen molar-refractivity contribution < 1.29 is 18.0 Å². The number of fused-ring (bicyclic) bond motifs is 1. The predicted octanol–water partition coefficient (Wildman–Crippen LogP) is 3.74. The van der Waals surface area contributed by atoms with Gasteiger partial charge in [0, 0.05) is 11.3 Å². The molecule has 1 aromatic heterocycles. The van der Waals surface area contributed by atoms with E-state index in [1.807, 2.05) is 0 Å². The van der Waals surface area contributed by atoms with E-state index in [2.05, 4.69) is 10.1 Å². The van der Waals surface area contributed by atoms with Crippen molar-refractivity contribution in [1.29, 1.82) is 0 Å². The highest BCUT2D eigenvalue weighted by atomic mass is 19.4. The van der Waals surface area contributed by atoms with Gasteiger partial charge in [-0.1, -0.05) is 12.1 Å². The van der Waals surface area contributed by atoms with Crippen molar-refractivity contribution in [3.8, 4) is 5.69 Å². The first-order valence-corrected chi connectivity index (χ1v) is 6.87. The molecule has 1 aliphatic carbocycles. The number of aromatic nitrogens is 2. The number of hydrogen-bond acceptors (Lipinski definition) is 3. The van der Waals surface area contributed by atoms with E-state index in [-0.39, 0.29) is 11.3 Å². The second-order valence-electron chi connectivity index (χ2n) is 5.08. The van der Waals surface area contributed by atoms with E-state index in [9.17, 15) is 18.0 Å². The molecule has 2 aromatic rings. The number of para-hydroxylation sites is 2. The molecule has 0 fully saturated rings. The third-order valence-corrected chi connectivity index (χ3v) is 3.72. The first-order valence-electron chi connectivity index (χ1n) is 6.87. The van der Waals surface area contributed by atoms with Gasteiger partial charge in [0.05, 0.1) is 5.69 Å². The molecule has 0 saturated carbocycles. The molecule has 0 amide bonds. The van der Waals surface area contributed by atoms with Crippen LogP contribution in [0.5, 0.6) is 0 Å². The third-order valence-electron chi connectivity index (χ3n) is 3.72. The van der Waals surface area contributed by atoms with Crippen LogP contribution in [0.4, 0.5) is 18.9 Å². The molecular formula is C15H12F3N3O. The number of nitrogens with zero attached hydrogens (tertiary/aromatic N) is 3. The normalized spacial score (nSPS) is 14.3. The van der Waals surface area contributed by atoms with Crippen LogP contribution in [-0.4, -0.2) is 15.9 Å². The minimum absolute atomic E-state index is 0.252. The lowest BCUT2D eigenvalue weighted by Gasteiger charge is -2.15. The molecule has 0 bridgehead atoms. The Balaban J connectivity index is 2.24. The van der Waals surface area contributed by atoms with Crippen molar-refractivity contribution >= 4 is 11.8 Å². The molecule has 0 atom stereocenters. The molecule has 4 nitrogen and oxygen atoms in total. The van der Waals surface area contributed by atoms with E-state index in [1.165, 1.54) is 10.8 Å². The number of rotatable bonds is 2. The lowest BCUT2D eigenvalue weighted by Crippen LogP contribution is -2.11. The van der Waals surface area contributed by atoms with Crippen molar-refractivity contribution in [1.82, 2.24) is 9.78 Å². The predicted molar refractivity (Wildman–Crippen MR) is 73.0 cm³/mol. The molecule has 22 heavy (non-hydrogen) atoms. The molecule has 114 valence electrons. The van der Waals surface area contributed by atoms with Crippen LogP contribution in [0.3, 0.4) is 0 Å². The SMILES string of the molecule is O=C=Nc1ccccc1-n1nc(C(F)(F)F)c2c1CCCC2. The first kappa shape index (κ1) is 14.5. The van der Waals surface area contributed by atoms with Crippen molar-refractivity contribution in [2.75, 3.05) is 0 Å². The molecule has 0 N–H and O–H groups in total. The Morgan fingerprint density at radius 3 is 2.64 bits per heavy atom. The molecular weight excluding hydrogens is 295 g/mol. The summed E-state index contributed by atoms with van der Waals surface area (Å²) >= 11 is 0. The van der Waals surface area contributed by atoms with Crippen LogP contribution in [0, 0.1) is 0 Å². The Hall–Kier alpha value is -2.40. The highest BCUT2D eigenvalue weighted by Gasteiger charge is 2.39. The molecule has 0 unspecified atom stereocenters. The lowest BCUT2D eigenvalue weighted by molar-refractivity contribution is -0.142. The average Bonchev–Trinajstić information content (AvgIpc) is 2.88. The van der Waals surface area contributed by atoms with Gasteiger partial charge < -0.3 is 0 Å². The van der Waals surface area contributed by atoms with E-state index in [1.54, 1.807) is 24.3 Å². The molecule has 1 heterocycles. The minimum atomic E-state index is -4.49. The van der Waals surface area contributed by atoms with Crippen LogP contribution in [-0.2, 0) is 23.8 Å². The highest BCUT2D eigenvalue weighted by Crippen LogP contribution is 2.37. The van der Waals surface area contributed by atoms with Gasteiger partial charge >= 0.3 is 6.18 Å². The zero-order valence-electron chi connectivity index (χ0n) is 11.5. The standard InChI is InChI=1S/C15H12F3N3O/c16-15(17,18)14-10-5-1-3-7-12(10)21(20-14)13-8-4-2-6-11(13)19-9-22/h2,4,6,8H,1,3,5,7H2. The third kappa shape index (κ3) is 2.44. The van der Waals surface area contributed by atoms with Gasteiger partial charge in [-0.3, -0.25) is 0 Å². The minimum Gasteiger partial charge on any atom is -0.235 e. The Morgan fingerprint density at radius 2 is 1.91 bits per heavy atom. The van der Waals surface area contributed by atoms with Gasteiger partial charge in [-0.05, 0) is 37.8 Å². The fourth-order valence-corrected chi connectivity index (χ4v) is 2.81. The summed E-state index contributed by atoms with van der Waals surface area (Å²) in [7, 11) is 0. The van der Waals surface area contributed by atoms with Gasteiger partial charge in [0.25, 0.3) is 0 Å². The molecule has 0 spiro atoms. The molecule has 3 rings (SSSR count). The zero-order chi connectivity index (χ0) is 15.7. The fraction of sp³-hybridized carbons (Fsp3) is 0.333. The van der Waals surface area contributed by atoms with Gasteiger partial charge in [-0.25, -0.2) is 9.48 Å². The highest BCUT2D eigenvalue weighted by molar-refractivity contribution is 5.62. The van der Waals surface area contributed by atoms with Crippen molar-refractivity contribution in [3.63, 3.8) is 0 Å². The summed E-state index contributed by atoms with van der Waals surface area (Å²) in [5, 5.41) is 3.78. The average molecular weight is 307 g/mol. The van der Waals surface area contributed by atoms with Crippen molar-refractivity contribution in [2.24, 2.45) is 4.99 Å².